The summed E-state index contributed by atoms with van der Waals surface area (Å²) in [7, 11) is 0. The molecule has 0 heterocycles. The number of ether oxygens (including phenoxy) is 1. The van der Waals surface area contributed by atoms with Crippen LogP contribution in [0.3, 0.4) is 0 Å². The number of carbonyl (C=O) groups is 2. The summed E-state index contributed by atoms with van der Waals surface area (Å²) in [4.78, 5) is 24.8. The number of amides is 2. The fourth-order valence-corrected chi connectivity index (χ4v) is 1.73. The number of rotatable bonds is 5. The molecule has 0 aromatic heterocycles. The van der Waals surface area contributed by atoms with Crippen LogP contribution in [0.15, 0.2) is 24.3 Å². The minimum Gasteiger partial charge on any atom is -0.492 e. The van der Waals surface area contributed by atoms with Gasteiger partial charge in [-0.05, 0) is 53.7 Å². The highest BCUT2D eigenvalue weighted by atomic mass is 16.5. The highest BCUT2D eigenvalue weighted by Crippen LogP contribution is 2.27. The van der Waals surface area contributed by atoms with Crippen molar-refractivity contribution >= 4 is 17.5 Å². The first-order valence-corrected chi connectivity index (χ1v) is 7.44. The fourth-order valence-electron chi connectivity index (χ4n) is 1.73. The molecule has 2 N–H and O–H groups in total. The lowest BCUT2D eigenvalue weighted by atomic mass is 9.89. The van der Waals surface area contributed by atoms with E-state index in [2.05, 4.69) is 10.6 Å². The predicted molar refractivity (Wildman–Crippen MR) is 87.9 cm³/mol. The van der Waals surface area contributed by atoms with Crippen LogP contribution < -0.4 is 15.4 Å². The van der Waals surface area contributed by atoms with Crippen molar-refractivity contribution in [3.8, 4) is 5.75 Å². The molecule has 0 unspecified atom stereocenters. The largest absolute Gasteiger partial charge is 0.492 e. The summed E-state index contributed by atoms with van der Waals surface area (Å²) in [5.74, 6) is -0.0989. The Labute approximate surface area is 132 Å². The van der Waals surface area contributed by atoms with Gasteiger partial charge in [-0.15, -0.1) is 0 Å². The highest BCUT2D eigenvalue weighted by Gasteiger charge is 2.38. The third-order valence-electron chi connectivity index (χ3n) is 3.06. The molecule has 22 heavy (non-hydrogen) atoms. The molecule has 0 aliphatic rings. The van der Waals surface area contributed by atoms with Crippen LogP contribution in [0.2, 0.25) is 0 Å². The van der Waals surface area contributed by atoms with Gasteiger partial charge < -0.3 is 15.4 Å². The Bertz CT molecular complexity index is 545. The van der Waals surface area contributed by atoms with E-state index >= 15 is 0 Å². The molecule has 0 aliphatic heterocycles. The zero-order valence-electron chi connectivity index (χ0n) is 14.2. The molecule has 0 aliphatic carbocycles. The van der Waals surface area contributed by atoms with E-state index in [1.807, 2.05) is 33.8 Å². The van der Waals surface area contributed by atoms with E-state index in [9.17, 15) is 9.59 Å². The minimum absolute atomic E-state index is 0.314. The number of carbonyl (C=O) groups excluding carboxylic acids is 2. The lowest BCUT2D eigenvalue weighted by Crippen LogP contribution is -2.51. The molecule has 0 spiro atoms. The summed E-state index contributed by atoms with van der Waals surface area (Å²) in [6.07, 6.45) is 0. The minimum atomic E-state index is -1.19. The molecular formula is C17H26N2O3. The van der Waals surface area contributed by atoms with Crippen LogP contribution in [0.4, 0.5) is 5.69 Å². The molecule has 2 amide bonds. The Morgan fingerprint density at radius 1 is 1.05 bits per heavy atom. The molecule has 1 rings (SSSR count). The summed E-state index contributed by atoms with van der Waals surface area (Å²) in [6, 6.07) is 7.17. The molecule has 5 heteroatoms. The second-order valence-electron chi connectivity index (χ2n) is 6.71. The van der Waals surface area contributed by atoms with Crippen LogP contribution in [0.25, 0.3) is 0 Å². The van der Waals surface area contributed by atoms with Gasteiger partial charge in [-0.1, -0.05) is 12.1 Å². The van der Waals surface area contributed by atoms with Crippen LogP contribution in [0.5, 0.6) is 5.75 Å². The molecule has 1 aromatic rings. The second kappa shape index (κ2) is 6.81. The van der Waals surface area contributed by atoms with E-state index in [0.717, 1.165) is 0 Å². The summed E-state index contributed by atoms with van der Waals surface area (Å²) in [5, 5.41) is 5.61. The van der Waals surface area contributed by atoms with Gasteiger partial charge in [0.05, 0.1) is 12.3 Å². The molecule has 0 fully saturated rings. The van der Waals surface area contributed by atoms with Gasteiger partial charge in [-0.3, -0.25) is 9.59 Å². The molecule has 122 valence electrons. The van der Waals surface area contributed by atoms with Crippen molar-refractivity contribution in [2.45, 2.75) is 47.1 Å². The van der Waals surface area contributed by atoms with Gasteiger partial charge in [0.2, 0.25) is 11.8 Å². The topological polar surface area (TPSA) is 67.4 Å². The van der Waals surface area contributed by atoms with Crippen molar-refractivity contribution in [2.24, 2.45) is 5.41 Å². The maximum Gasteiger partial charge on any atom is 0.239 e. The summed E-state index contributed by atoms with van der Waals surface area (Å²) < 4.78 is 5.48. The summed E-state index contributed by atoms with van der Waals surface area (Å²) in [6.45, 7) is 11.2. The first-order chi connectivity index (χ1) is 10.1. The standard InChI is InChI=1S/C17H26N2O3/c1-7-22-13-11-9-8-10-12(13)18-14(20)17(5,6)15(21)19-16(2,3)4/h8-11H,7H2,1-6H3,(H,18,20)(H,19,21). The second-order valence-corrected chi connectivity index (χ2v) is 6.71. The number of nitrogens with one attached hydrogen (secondary N) is 2. The Morgan fingerprint density at radius 2 is 1.64 bits per heavy atom. The zero-order chi connectivity index (χ0) is 17.0. The maximum absolute atomic E-state index is 12.5. The number of benzene rings is 1. The van der Waals surface area contributed by atoms with E-state index in [1.165, 1.54) is 0 Å². The third kappa shape index (κ3) is 4.76. The Morgan fingerprint density at radius 3 is 2.18 bits per heavy atom. The van der Waals surface area contributed by atoms with E-state index in [0.29, 0.717) is 18.0 Å². The monoisotopic (exact) mass is 306 g/mol. The molecule has 1 aromatic carbocycles. The van der Waals surface area contributed by atoms with Gasteiger partial charge in [0.25, 0.3) is 0 Å². The van der Waals surface area contributed by atoms with Crippen LogP contribution in [0, 0.1) is 5.41 Å². The van der Waals surface area contributed by atoms with Crippen molar-refractivity contribution in [1.82, 2.24) is 5.32 Å². The van der Waals surface area contributed by atoms with Gasteiger partial charge >= 0.3 is 0 Å². The van der Waals surface area contributed by atoms with E-state index < -0.39 is 11.0 Å². The highest BCUT2D eigenvalue weighted by molar-refractivity contribution is 6.10. The van der Waals surface area contributed by atoms with E-state index in [1.54, 1.807) is 32.0 Å². The average Bonchev–Trinajstić information content (AvgIpc) is 2.39. The Kier molecular flexibility index (Phi) is 5.58. The molecule has 0 saturated heterocycles. The quantitative estimate of drug-likeness (QED) is 0.822. The van der Waals surface area contributed by atoms with Gasteiger partial charge in [0.15, 0.2) is 0 Å². The smallest absolute Gasteiger partial charge is 0.239 e. The number of hydrogen-bond donors (Lipinski definition) is 2. The van der Waals surface area contributed by atoms with Crippen molar-refractivity contribution < 1.29 is 14.3 Å². The Hall–Kier alpha value is -2.04. The van der Waals surface area contributed by atoms with Gasteiger partial charge in [0, 0.05) is 5.54 Å². The van der Waals surface area contributed by atoms with Crippen molar-refractivity contribution in [3.05, 3.63) is 24.3 Å². The molecule has 0 saturated carbocycles. The van der Waals surface area contributed by atoms with Gasteiger partial charge in [-0.25, -0.2) is 0 Å². The van der Waals surface area contributed by atoms with E-state index in [4.69, 9.17) is 4.74 Å². The average molecular weight is 306 g/mol. The SMILES string of the molecule is CCOc1ccccc1NC(=O)C(C)(C)C(=O)NC(C)(C)C. The molecule has 5 nitrogen and oxygen atoms in total. The van der Waals surface area contributed by atoms with Crippen molar-refractivity contribution in [1.29, 1.82) is 0 Å². The Balaban J connectivity index is 2.90. The molecule has 0 radical (unpaired) electrons. The zero-order valence-corrected chi connectivity index (χ0v) is 14.2. The van der Waals surface area contributed by atoms with Crippen LogP contribution in [-0.4, -0.2) is 24.0 Å². The van der Waals surface area contributed by atoms with Crippen LogP contribution in [-0.2, 0) is 9.59 Å². The first-order valence-electron chi connectivity index (χ1n) is 7.44. The number of para-hydroxylation sites is 2. The third-order valence-corrected chi connectivity index (χ3v) is 3.06. The lowest BCUT2D eigenvalue weighted by Gasteiger charge is -2.28. The van der Waals surface area contributed by atoms with Crippen molar-refractivity contribution in [2.75, 3.05) is 11.9 Å². The van der Waals surface area contributed by atoms with Crippen molar-refractivity contribution in [3.63, 3.8) is 0 Å². The van der Waals surface area contributed by atoms with Gasteiger partial charge in [-0.2, -0.15) is 0 Å². The van der Waals surface area contributed by atoms with Gasteiger partial charge in [0.1, 0.15) is 11.2 Å². The number of anilines is 1. The lowest BCUT2D eigenvalue weighted by molar-refractivity contribution is -0.139. The predicted octanol–water partition coefficient (Wildman–Crippen LogP) is 2.96. The summed E-state index contributed by atoms with van der Waals surface area (Å²) >= 11 is 0. The maximum atomic E-state index is 12.5. The molecule has 0 bridgehead atoms. The first kappa shape index (κ1) is 18.0. The van der Waals surface area contributed by atoms with Crippen LogP contribution >= 0.6 is 0 Å². The molecular weight excluding hydrogens is 280 g/mol. The molecule has 0 atom stereocenters. The van der Waals surface area contributed by atoms with Crippen LogP contribution in [0.1, 0.15) is 41.5 Å². The number of hydrogen-bond acceptors (Lipinski definition) is 3. The fraction of sp³-hybridized carbons (Fsp3) is 0.529. The van der Waals surface area contributed by atoms with E-state index in [-0.39, 0.29) is 11.8 Å². The normalized spacial score (nSPS) is 11.7. The summed E-state index contributed by atoms with van der Waals surface area (Å²) in [5.41, 5.74) is -1.02.